The van der Waals surface area contributed by atoms with Crippen LogP contribution in [-0.4, -0.2) is 15.6 Å². The Morgan fingerprint density at radius 3 is 2.26 bits per heavy atom. The van der Waals surface area contributed by atoms with Crippen LogP contribution in [0.25, 0.3) is 23.0 Å². The molecule has 1 fully saturated rings. The molecule has 0 atom stereocenters. The van der Waals surface area contributed by atoms with Crippen molar-refractivity contribution in [3.8, 4) is 16.9 Å². The molecule has 0 unspecified atom stereocenters. The van der Waals surface area contributed by atoms with Gasteiger partial charge >= 0.3 is 0 Å². The molecule has 0 aliphatic carbocycles. The molecule has 0 radical (unpaired) electrons. The summed E-state index contributed by atoms with van der Waals surface area (Å²) in [7, 11) is 0. The highest BCUT2D eigenvalue weighted by molar-refractivity contribution is 8.18. The van der Waals surface area contributed by atoms with E-state index in [0.717, 1.165) is 33.9 Å². The predicted octanol–water partition coefficient (Wildman–Crippen LogP) is 6.96. The smallest absolute Gasteiger partial charge is 0.264 e. The second-order valence-electron chi connectivity index (χ2n) is 8.38. The Labute approximate surface area is 204 Å². The fourth-order valence-corrected chi connectivity index (χ4v) is 4.94. The molecule has 0 saturated carbocycles. The SMILES string of the molecule is Cc1ccc(N=C2NC(=O)/C(=C/c3cc(C)n(-c4ccccc4)c3-c3ccccc3)S2)cc1C. The predicted molar refractivity (Wildman–Crippen MR) is 143 cm³/mol. The van der Waals surface area contributed by atoms with Crippen LogP contribution in [0, 0.1) is 20.8 Å². The van der Waals surface area contributed by atoms with Gasteiger partial charge in [-0.25, -0.2) is 4.99 Å². The molecule has 1 aromatic heterocycles. The minimum atomic E-state index is -0.128. The van der Waals surface area contributed by atoms with Crippen LogP contribution in [0.2, 0.25) is 0 Å². The first-order chi connectivity index (χ1) is 16.5. The number of nitrogens with zero attached hydrogens (tertiary/aromatic N) is 2. The number of aryl methyl sites for hydroxylation is 3. The third-order valence-electron chi connectivity index (χ3n) is 5.93. The zero-order chi connectivity index (χ0) is 23.7. The number of aliphatic imine (C=N–C) groups is 1. The summed E-state index contributed by atoms with van der Waals surface area (Å²) in [5.41, 5.74) is 8.58. The quantitative estimate of drug-likeness (QED) is 0.333. The molecule has 1 aliphatic rings. The minimum absolute atomic E-state index is 0.128. The summed E-state index contributed by atoms with van der Waals surface area (Å²) in [6, 6.07) is 28.8. The summed E-state index contributed by atoms with van der Waals surface area (Å²) in [5.74, 6) is -0.128. The summed E-state index contributed by atoms with van der Waals surface area (Å²) >= 11 is 1.37. The molecular formula is C29H25N3OS. The summed E-state index contributed by atoms with van der Waals surface area (Å²) in [5, 5.41) is 3.52. The van der Waals surface area contributed by atoms with E-state index in [2.05, 4.69) is 66.0 Å². The van der Waals surface area contributed by atoms with Crippen molar-refractivity contribution in [3.63, 3.8) is 0 Å². The monoisotopic (exact) mass is 463 g/mol. The molecule has 168 valence electrons. The maximum absolute atomic E-state index is 12.8. The summed E-state index contributed by atoms with van der Waals surface area (Å²) < 4.78 is 2.24. The normalized spacial score (nSPS) is 15.8. The molecule has 1 saturated heterocycles. The first kappa shape index (κ1) is 22.0. The number of amidine groups is 1. The Balaban J connectivity index is 1.56. The average Bonchev–Trinajstić information content (AvgIpc) is 3.35. The average molecular weight is 464 g/mol. The number of amides is 1. The minimum Gasteiger partial charge on any atom is -0.313 e. The Kier molecular flexibility index (Phi) is 5.95. The number of hydrogen-bond donors (Lipinski definition) is 1. The Bertz CT molecular complexity index is 1430. The van der Waals surface area contributed by atoms with Gasteiger partial charge in [-0.2, -0.15) is 0 Å². The third kappa shape index (κ3) is 4.35. The fourth-order valence-electron chi connectivity index (χ4n) is 4.11. The molecule has 3 aromatic carbocycles. The fraction of sp³-hybridized carbons (Fsp3) is 0.103. The Morgan fingerprint density at radius 2 is 1.56 bits per heavy atom. The standard InChI is InChI=1S/C29H25N3OS/c1-19-14-15-24(16-20(19)2)30-29-31-28(33)26(34-29)18-23-17-21(3)32(25-12-8-5-9-13-25)27(23)22-10-6-4-7-11-22/h4-18H,1-3H3,(H,30,31,33)/b26-18-. The highest BCUT2D eigenvalue weighted by Gasteiger charge is 2.25. The van der Waals surface area contributed by atoms with Gasteiger partial charge in [0.2, 0.25) is 0 Å². The van der Waals surface area contributed by atoms with Crippen molar-refractivity contribution < 1.29 is 4.79 Å². The van der Waals surface area contributed by atoms with Crippen LogP contribution in [0.1, 0.15) is 22.4 Å². The zero-order valence-corrected chi connectivity index (χ0v) is 20.2. The first-order valence-corrected chi connectivity index (χ1v) is 12.0. The van der Waals surface area contributed by atoms with Crippen molar-refractivity contribution in [2.45, 2.75) is 20.8 Å². The zero-order valence-electron chi connectivity index (χ0n) is 19.4. The largest absolute Gasteiger partial charge is 0.313 e. The van der Waals surface area contributed by atoms with Gasteiger partial charge in [0, 0.05) is 16.9 Å². The molecule has 2 heterocycles. The van der Waals surface area contributed by atoms with Crippen molar-refractivity contribution in [1.82, 2.24) is 9.88 Å². The van der Waals surface area contributed by atoms with Crippen molar-refractivity contribution >= 4 is 34.6 Å². The van der Waals surface area contributed by atoms with Crippen LogP contribution in [-0.2, 0) is 4.79 Å². The van der Waals surface area contributed by atoms with Gasteiger partial charge in [0.05, 0.1) is 16.3 Å². The van der Waals surface area contributed by atoms with Crippen molar-refractivity contribution in [2.24, 2.45) is 4.99 Å². The lowest BCUT2D eigenvalue weighted by atomic mass is 10.1. The van der Waals surface area contributed by atoms with Crippen LogP contribution in [0.3, 0.4) is 0 Å². The van der Waals surface area contributed by atoms with Crippen LogP contribution < -0.4 is 5.32 Å². The van der Waals surface area contributed by atoms with E-state index < -0.39 is 0 Å². The number of nitrogens with one attached hydrogen (secondary N) is 1. The van der Waals surface area contributed by atoms with Crippen LogP contribution in [0.5, 0.6) is 0 Å². The molecule has 4 aromatic rings. The van der Waals surface area contributed by atoms with Gasteiger partial charge < -0.3 is 9.88 Å². The molecule has 0 bridgehead atoms. The van der Waals surface area contributed by atoms with E-state index >= 15 is 0 Å². The molecule has 1 aliphatic heterocycles. The van der Waals surface area contributed by atoms with E-state index in [9.17, 15) is 4.79 Å². The Morgan fingerprint density at radius 1 is 0.853 bits per heavy atom. The molecule has 34 heavy (non-hydrogen) atoms. The topological polar surface area (TPSA) is 46.4 Å². The van der Waals surface area contributed by atoms with E-state index in [1.54, 1.807) is 0 Å². The lowest BCUT2D eigenvalue weighted by Crippen LogP contribution is -2.19. The van der Waals surface area contributed by atoms with E-state index in [1.807, 2.05) is 60.7 Å². The van der Waals surface area contributed by atoms with E-state index in [4.69, 9.17) is 0 Å². The van der Waals surface area contributed by atoms with Gasteiger partial charge in [-0.3, -0.25) is 4.79 Å². The highest BCUT2D eigenvalue weighted by Crippen LogP contribution is 2.35. The number of aromatic nitrogens is 1. The number of carbonyl (C=O) groups excluding carboxylic acids is 1. The van der Waals surface area contributed by atoms with Gasteiger partial charge in [0.15, 0.2) is 5.17 Å². The first-order valence-electron chi connectivity index (χ1n) is 11.2. The molecule has 1 amide bonds. The number of thioether (sulfide) groups is 1. The van der Waals surface area contributed by atoms with Gasteiger partial charge in [-0.15, -0.1) is 0 Å². The summed E-state index contributed by atoms with van der Waals surface area (Å²) in [6.45, 7) is 6.23. The molecule has 5 heteroatoms. The van der Waals surface area contributed by atoms with Crippen molar-refractivity contribution in [2.75, 3.05) is 0 Å². The lowest BCUT2D eigenvalue weighted by molar-refractivity contribution is -0.115. The maximum atomic E-state index is 12.8. The Hall–Kier alpha value is -3.83. The molecule has 0 spiro atoms. The third-order valence-corrected chi connectivity index (χ3v) is 6.84. The summed E-state index contributed by atoms with van der Waals surface area (Å²) in [6.07, 6.45) is 1.97. The van der Waals surface area contributed by atoms with E-state index in [0.29, 0.717) is 10.1 Å². The molecule has 4 nitrogen and oxygen atoms in total. The van der Waals surface area contributed by atoms with Gasteiger partial charge in [-0.05, 0) is 85.6 Å². The molecule has 1 N–H and O–H groups in total. The molecule has 5 rings (SSSR count). The number of para-hydroxylation sites is 1. The highest BCUT2D eigenvalue weighted by atomic mass is 32.2. The number of carbonyl (C=O) groups is 1. The van der Waals surface area contributed by atoms with Gasteiger partial charge in [0.1, 0.15) is 0 Å². The van der Waals surface area contributed by atoms with E-state index in [1.165, 1.54) is 22.9 Å². The number of hydrogen-bond acceptors (Lipinski definition) is 3. The second kappa shape index (κ2) is 9.20. The van der Waals surface area contributed by atoms with Crippen molar-refractivity contribution in [3.05, 3.63) is 112 Å². The van der Waals surface area contributed by atoms with E-state index in [-0.39, 0.29) is 5.91 Å². The number of rotatable bonds is 4. The second-order valence-corrected chi connectivity index (χ2v) is 9.41. The summed E-state index contributed by atoms with van der Waals surface area (Å²) in [4.78, 5) is 18.1. The van der Waals surface area contributed by atoms with Crippen LogP contribution >= 0.6 is 11.8 Å². The van der Waals surface area contributed by atoms with Crippen LogP contribution in [0.15, 0.2) is 94.8 Å². The number of benzene rings is 3. The van der Waals surface area contributed by atoms with Crippen LogP contribution in [0.4, 0.5) is 5.69 Å². The molecular weight excluding hydrogens is 438 g/mol. The maximum Gasteiger partial charge on any atom is 0.264 e. The lowest BCUT2D eigenvalue weighted by Gasteiger charge is -2.13. The van der Waals surface area contributed by atoms with Gasteiger partial charge in [-0.1, -0.05) is 54.6 Å². The van der Waals surface area contributed by atoms with Gasteiger partial charge in [0.25, 0.3) is 5.91 Å². The van der Waals surface area contributed by atoms with Crippen molar-refractivity contribution in [1.29, 1.82) is 0 Å².